The second-order valence-corrected chi connectivity index (χ2v) is 5.57. The number of nitrogens with one attached hydrogen (secondary N) is 1. The summed E-state index contributed by atoms with van der Waals surface area (Å²) >= 11 is 0. The molecule has 0 aliphatic carbocycles. The summed E-state index contributed by atoms with van der Waals surface area (Å²) in [5, 5.41) is 3.35. The fourth-order valence-corrected chi connectivity index (χ4v) is 3.01. The van der Waals surface area contributed by atoms with Gasteiger partial charge in [-0.25, -0.2) is 4.79 Å². The molecule has 0 saturated carbocycles. The first-order valence-corrected chi connectivity index (χ1v) is 6.98. The number of nitrogens with zero attached hydrogens (tertiary/aromatic N) is 1. The molecule has 1 N–H and O–H groups in total. The number of anilines is 1. The largest absolute Gasteiger partial charge is 0.444 e. The molecule has 0 radical (unpaired) electrons. The van der Waals surface area contributed by atoms with Gasteiger partial charge in [0, 0.05) is 6.54 Å². The highest BCUT2D eigenvalue weighted by molar-refractivity contribution is 5.92. The fraction of sp³-hybridized carbons (Fsp3) is 0.533. The van der Waals surface area contributed by atoms with Crippen molar-refractivity contribution in [1.29, 1.82) is 0 Å². The van der Waals surface area contributed by atoms with Gasteiger partial charge in [0.05, 0.1) is 11.7 Å². The number of carbonyl (C=O) groups excluding carboxylic acids is 1. The Morgan fingerprint density at radius 3 is 2.95 bits per heavy atom. The van der Waals surface area contributed by atoms with E-state index in [1.54, 1.807) is 0 Å². The zero-order valence-electron chi connectivity index (χ0n) is 11.4. The summed E-state index contributed by atoms with van der Waals surface area (Å²) in [6, 6.07) is 8.25. The molecule has 102 valence electrons. The lowest BCUT2D eigenvalue weighted by Gasteiger charge is -2.30. The molecule has 1 amide bonds. The molecule has 4 heteroatoms. The van der Waals surface area contributed by atoms with Gasteiger partial charge in [0.25, 0.3) is 0 Å². The van der Waals surface area contributed by atoms with Gasteiger partial charge in [0.1, 0.15) is 6.10 Å². The van der Waals surface area contributed by atoms with Crippen LogP contribution in [-0.2, 0) is 4.74 Å². The van der Waals surface area contributed by atoms with Crippen molar-refractivity contribution in [2.75, 3.05) is 18.0 Å². The Kier molecular flexibility index (Phi) is 3.19. The van der Waals surface area contributed by atoms with Gasteiger partial charge in [-0.1, -0.05) is 32.0 Å². The fourth-order valence-electron chi connectivity index (χ4n) is 3.01. The van der Waals surface area contributed by atoms with Crippen molar-refractivity contribution in [2.24, 2.45) is 0 Å². The van der Waals surface area contributed by atoms with E-state index in [4.69, 9.17) is 4.74 Å². The molecule has 2 saturated heterocycles. The molecule has 1 aromatic carbocycles. The van der Waals surface area contributed by atoms with E-state index in [2.05, 4.69) is 25.2 Å². The highest BCUT2D eigenvalue weighted by Crippen LogP contribution is 2.34. The number of carbonyl (C=O) groups is 1. The minimum atomic E-state index is -0.202. The first-order chi connectivity index (χ1) is 9.18. The summed E-state index contributed by atoms with van der Waals surface area (Å²) in [6.07, 6.45) is 0.734. The smallest absolute Gasteiger partial charge is 0.415 e. The van der Waals surface area contributed by atoms with Crippen molar-refractivity contribution in [3.05, 3.63) is 29.8 Å². The molecule has 0 aromatic heterocycles. The van der Waals surface area contributed by atoms with Crippen molar-refractivity contribution in [3.8, 4) is 0 Å². The number of piperidine rings is 1. The van der Waals surface area contributed by atoms with Crippen LogP contribution in [0.3, 0.4) is 0 Å². The van der Waals surface area contributed by atoms with Gasteiger partial charge in [0.15, 0.2) is 0 Å². The minimum absolute atomic E-state index is 0.0361. The Morgan fingerprint density at radius 2 is 2.16 bits per heavy atom. The van der Waals surface area contributed by atoms with Crippen LogP contribution in [0.5, 0.6) is 0 Å². The normalized spacial score (nSPS) is 26.5. The van der Waals surface area contributed by atoms with Crippen LogP contribution < -0.4 is 10.2 Å². The van der Waals surface area contributed by atoms with Crippen molar-refractivity contribution in [2.45, 2.75) is 38.3 Å². The number of hydrogen-bond acceptors (Lipinski definition) is 3. The predicted molar refractivity (Wildman–Crippen MR) is 74.6 cm³/mol. The van der Waals surface area contributed by atoms with Crippen molar-refractivity contribution in [3.63, 3.8) is 0 Å². The number of para-hydroxylation sites is 1. The number of fused-ring (bicyclic) bond motifs is 1. The summed E-state index contributed by atoms with van der Waals surface area (Å²) in [4.78, 5) is 14.0. The predicted octanol–water partition coefficient (Wildman–Crippen LogP) is 2.50. The third-order valence-corrected chi connectivity index (χ3v) is 3.99. The van der Waals surface area contributed by atoms with E-state index in [9.17, 15) is 4.79 Å². The molecular weight excluding hydrogens is 240 g/mol. The number of rotatable bonds is 2. The zero-order valence-corrected chi connectivity index (χ0v) is 11.4. The summed E-state index contributed by atoms with van der Waals surface area (Å²) < 4.78 is 5.51. The Hall–Kier alpha value is -1.55. The molecule has 0 bridgehead atoms. The van der Waals surface area contributed by atoms with Gasteiger partial charge in [0.2, 0.25) is 0 Å². The quantitative estimate of drug-likeness (QED) is 0.888. The standard InChI is InChI=1S/C15H20N2O2/c1-10(2)11-5-3-4-6-12(11)17-13-9-16-8-7-14(13)19-15(17)18/h3-6,10,13-14,16H,7-9H2,1-2H3. The molecule has 2 atom stereocenters. The van der Waals surface area contributed by atoms with E-state index in [-0.39, 0.29) is 18.2 Å². The number of benzene rings is 1. The first kappa shape index (κ1) is 12.5. The van der Waals surface area contributed by atoms with Gasteiger partial charge in [-0.15, -0.1) is 0 Å². The Balaban J connectivity index is 1.99. The monoisotopic (exact) mass is 260 g/mol. The van der Waals surface area contributed by atoms with Crippen LogP contribution in [0.25, 0.3) is 0 Å². The van der Waals surface area contributed by atoms with Crippen LogP contribution in [0.15, 0.2) is 24.3 Å². The molecule has 3 rings (SSSR count). The average molecular weight is 260 g/mol. The van der Waals surface area contributed by atoms with Crippen LogP contribution in [0.4, 0.5) is 10.5 Å². The maximum Gasteiger partial charge on any atom is 0.415 e. The van der Waals surface area contributed by atoms with Crippen LogP contribution in [0.2, 0.25) is 0 Å². The molecule has 2 unspecified atom stereocenters. The maximum absolute atomic E-state index is 12.2. The third kappa shape index (κ3) is 2.10. The third-order valence-electron chi connectivity index (χ3n) is 3.99. The molecule has 2 aliphatic rings. The number of amides is 1. The van der Waals surface area contributed by atoms with E-state index >= 15 is 0 Å². The molecular formula is C15H20N2O2. The zero-order chi connectivity index (χ0) is 13.4. The summed E-state index contributed by atoms with van der Waals surface area (Å²) in [7, 11) is 0. The lowest BCUT2D eigenvalue weighted by Crippen LogP contribution is -2.49. The first-order valence-electron chi connectivity index (χ1n) is 6.98. The Labute approximate surface area is 113 Å². The van der Waals surface area contributed by atoms with Crippen molar-refractivity contribution in [1.82, 2.24) is 5.32 Å². The van der Waals surface area contributed by atoms with E-state index in [1.165, 1.54) is 5.56 Å². The molecule has 0 spiro atoms. The number of hydrogen-bond donors (Lipinski definition) is 1. The summed E-state index contributed by atoms with van der Waals surface area (Å²) in [5.41, 5.74) is 2.20. The van der Waals surface area contributed by atoms with Gasteiger partial charge in [-0.3, -0.25) is 4.90 Å². The van der Waals surface area contributed by atoms with E-state index < -0.39 is 0 Å². The lowest BCUT2D eigenvalue weighted by molar-refractivity contribution is 0.117. The van der Waals surface area contributed by atoms with Gasteiger partial charge in [-0.05, 0) is 30.5 Å². The molecule has 2 fully saturated rings. The topological polar surface area (TPSA) is 41.6 Å². The van der Waals surface area contributed by atoms with Crippen LogP contribution >= 0.6 is 0 Å². The Bertz CT molecular complexity index is 487. The van der Waals surface area contributed by atoms with Crippen LogP contribution in [-0.4, -0.2) is 31.3 Å². The number of ether oxygens (including phenoxy) is 1. The highest BCUT2D eigenvalue weighted by atomic mass is 16.6. The van der Waals surface area contributed by atoms with Crippen LogP contribution in [0.1, 0.15) is 31.7 Å². The van der Waals surface area contributed by atoms with Gasteiger partial charge >= 0.3 is 6.09 Å². The molecule has 1 aromatic rings. The Morgan fingerprint density at radius 1 is 1.37 bits per heavy atom. The molecule has 4 nitrogen and oxygen atoms in total. The van der Waals surface area contributed by atoms with Crippen LogP contribution in [0, 0.1) is 0 Å². The van der Waals surface area contributed by atoms with Gasteiger partial charge in [-0.2, -0.15) is 0 Å². The van der Waals surface area contributed by atoms with Crippen molar-refractivity contribution < 1.29 is 9.53 Å². The van der Waals surface area contributed by atoms with Gasteiger partial charge < -0.3 is 10.1 Å². The summed E-state index contributed by atoms with van der Waals surface area (Å²) in [5.74, 6) is 0.389. The highest BCUT2D eigenvalue weighted by Gasteiger charge is 2.44. The summed E-state index contributed by atoms with van der Waals surface area (Å²) in [6.45, 7) is 6.03. The van der Waals surface area contributed by atoms with Crippen molar-refractivity contribution >= 4 is 11.8 Å². The van der Waals surface area contributed by atoms with E-state index in [0.717, 1.165) is 25.2 Å². The molecule has 2 aliphatic heterocycles. The second-order valence-electron chi connectivity index (χ2n) is 5.57. The van der Waals surface area contributed by atoms with E-state index in [0.29, 0.717) is 5.92 Å². The second kappa shape index (κ2) is 4.85. The average Bonchev–Trinajstić information content (AvgIpc) is 2.74. The molecule has 2 heterocycles. The molecule has 19 heavy (non-hydrogen) atoms. The minimum Gasteiger partial charge on any atom is -0.444 e. The maximum atomic E-state index is 12.2. The lowest BCUT2D eigenvalue weighted by atomic mass is 9.98. The SMILES string of the molecule is CC(C)c1ccccc1N1C(=O)OC2CCNCC21. The van der Waals surface area contributed by atoms with E-state index in [1.807, 2.05) is 23.1 Å².